The molecule has 0 spiro atoms. The van der Waals surface area contributed by atoms with Gasteiger partial charge >= 0.3 is 0 Å². The molecule has 0 nitrogen and oxygen atoms in total. The Morgan fingerprint density at radius 3 is 2.44 bits per heavy atom. The molecule has 9 heavy (non-hydrogen) atoms. The molecule has 44 valence electrons. The van der Waals surface area contributed by atoms with Crippen LogP contribution in [0.4, 0.5) is 0 Å². The van der Waals surface area contributed by atoms with Crippen molar-refractivity contribution < 1.29 is 0 Å². The van der Waals surface area contributed by atoms with Gasteiger partial charge in [0.15, 0.2) is 0 Å². The van der Waals surface area contributed by atoms with Crippen molar-refractivity contribution in [2.24, 2.45) is 0 Å². The van der Waals surface area contributed by atoms with Gasteiger partial charge in [-0.05, 0) is 34.7 Å². The SMILES string of the molecule is C#Cc1ccccc1I. The van der Waals surface area contributed by atoms with Crippen molar-refractivity contribution in [2.45, 2.75) is 0 Å². The molecule has 0 bridgehead atoms. The van der Waals surface area contributed by atoms with Crippen LogP contribution < -0.4 is 0 Å². The molecular weight excluding hydrogens is 223 g/mol. The maximum absolute atomic E-state index is 5.20. The van der Waals surface area contributed by atoms with E-state index in [1.807, 2.05) is 24.3 Å². The average molecular weight is 228 g/mol. The largest absolute Gasteiger partial charge is 0.115 e. The van der Waals surface area contributed by atoms with E-state index in [1.165, 1.54) is 0 Å². The van der Waals surface area contributed by atoms with Gasteiger partial charge in [0.25, 0.3) is 0 Å². The molecule has 1 aromatic rings. The first-order valence-electron chi connectivity index (χ1n) is 2.56. The van der Waals surface area contributed by atoms with Crippen molar-refractivity contribution in [3.63, 3.8) is 0 Å². The van der Waals surface area contributed by atoms with E-state index in [2.05, 4.69) is 28.5 Å². The molecule has 0 fully saturated rings. The van der Waals surface area contributed by atoms with Crippen LogP contribution in [-0.2, 0) is 0 Å². The zero-order chi connectivity index (χ0) is 6.69. The minimum atomic E-state index is 0.970. The molecule has 0 aliphatic rings. The Morgan fingerprint density at radius 1 is 1.33 bits per heavy atom. The number of rotatable bonds is 0. The Hall–Kier alpha value is -0.490. The summed E-state index contributed by atoms with van der Waals surface area (Å²) in [5.41, 5.74) is 0.970. The van der Waals surface area contributed by atoms with Gasteiger partial charge in [-0.3, -0.25) is 0 Å². The molecule has 0 N–H and O–H groups in total. The third-order valence-electron chi connectivity index (χ3n) is 1.03. The smallest absolute Gasteiger partial charge is 0.0376 e. The Labute approximate surface area is 68.4 Å². The zero-order valence-corrected chi connectivity index (χ0v) is 6.92. The van der Waals surface area contributed by atoms with Crippen molar-refractivity contribution in [1.82, 2.24) is 0 Å². The molecule has 0 atom stereocenters. The third-order valence-corrected chi connectivity index (χ3v) is 1.97. The molecular formula is C8H5I. The predicted octanol–water partition coefficient (Wildman–Crippen LogP) is 2.27. The normalized spacial score (nSPS) is 8.44. The van der Waals surface area contributed by atoms with Crippen LogP contribution in [0.5, 0.6) is 0 Å². The van der Waals surface area contributed by atoms with E-state index in [0.717, 1.165) is 9.13 Å². The highest BCUT2D eigenvalue weighted by molar-refractivity contribution is 14.1. The fourth-order valence-corrected chi connectivity index (χ4v) is 1.12. The van der Waals surface area contributed by atoms with Gasteiger partial charge in [-0.15, -0.1) is 6.42 Å². The fraction of sp³-hybridized carbons (Fsp3) is 0. The van der Waals surface area contributed by atoms with E-state index in [0.29, 0.717) is 0 Å². The Morgan fingerprint density at radius 2 is 2.00 bits per heavy atom. The highest BCUT2D eigenvalue weighted by atomic mass is 127. The number of halogens is 1. The first-order chi connectivity index (χ1) is 4.34. The Kier molecular flexibility index (Phi) is 2.12. The van der Waals surface area contributed by atoms with Gasteiger partial charge in [0.1, 0.15) is 0 Å². The van der Waals surface area contributed by atoms with Crippen molar-refractivity contribution in [1.29, 1.82) is 0 Å². The van der Waals surface area contributed by atoms with Crippen LogP contribution in [0.2, 0.25) is 0 Å². The molecule has 0 aromatic heterocycles. The van der Waals surface area contributed by atoms with Crippen molar-refractivity contribution in [3.8, 4) is 12.3 Å². The summed E-state index contributed by atoms with van der Waals surface area (Å²) in [5.74, 6) is 2.59. The number of hydrogen-bond donors (Lipinski definition) is 0. The second kappa shape index (κ2) is 2.88. The Bertz CT molecular complexity index is 245. The van der Waals surface area contributed by atoms with E-state index in [-0.39, 0.29) is 0 Å². The quantitative estimate of drug-likeness (QED) is 0.472. The fourth-order valence-electron chi connectivity index (χ4n) is 0.578. The van der Waals surface area contributed by atoms with Gasteiger partial charge < -0.3 is 0 Å². The third kappa shape index (κ3) is 1.46. The molecule has 0 heterocycles. The minimum absolute atomic E-state index is 0.970. The first kappa shape index (κ1) is 6.63. The summed E-state index contributed by atoms with van der Waals surface area (Å²) < 4.78 is 1.14. The number of hydrogen-bond acceptors (Lipinski definition) is 0. The van der Waals surface area contributed by atoms with Gasteiger partial charge in [0.2, 0.25) is 0 Å². The standard InChI is InChI=1S/C8H5I/c1-2-7-5-3-4-6-8(7)9/h1,3-6H. The highest BCUT2D eigenvalue weighted by Gasteiger charge is 1.89. The van der Waals surface area contributed by atoms with E-state index in [1.54, 1.807) is 0 Å². The maximum atomic E-state index is 5.20. The zero-order valence-electron chi connectivity index (χ0n) is 4.76. The molecule has 0 unspecified atom stereocenters. The molecule has 0 radical (unpaired) electrons. The van der Waals surface area contributed by atoms with Gasteiger partial charge in [-0.25, -0.2) is 0 Å². The topological polar surface area (TPSA) is 0 Å². The molecule has 0 aliphatic heterocycles. The lowest BCUT2D eigenvalue weighted by molar-refractivity contribution is 1.59. The van der Waals surface area contributed by atoms with Crippen molar-refractivity contribution in [3.05, 3.63) is 33.4 Å². The monoisotopic (exact) mass is 228 g/mol. The first-order valence-corrected chi connectivity index (χ1v) is 3.63. The van der Waals surface area contributed by atoms with Crippen LogP contribution in [0.25, 0.3) is 0 Å². The summed E-state index contributed by atoms with van der Waals surface area (Å²) in [6.07, 6.45) is 5.20. The lowest BCUT2D eigenvalue weighted by atomic mass is 10.2. The molecule has 0 aliphatic carbocycles. The molecule has 1 heteroatoms. The van der Waals surface area contributed by atoms with Crippen LogP contribution >= 0.6 is 22.6 Å². The summed E-state index contributed by atoms with van der Waals surface area (Å²) in [6.45, 7) is 0. The van der Waals surface area contributed by atoms with Crippen molar-refractivity contribution in [2.75, 3.05) is 0 Å². The maximum Gasteiger partial charge on any atom is 0.0376 e. The molecule has 0 saturated heterocycles. The van der Waals surface area contributed by atoms with Gasteiger partial charge in [0, 0.05) is 9.13 Å². The summed E-state index contributed by atoms with van der Waals surface area (Å²) in [5, 5.41) is 0. The average Bonchev–Trinajstić information content (AvgIpc) is 1.89. The van der Waals surface area contributed by atoms with Gasteiger partial charge in [-0.2, -0.15) is 0 Å². The van der Waals surface area contributed by atoms with E-state index < -0.39 is 0 Å². The Balaban J connectivity index is 3.20. The van der Waals surface area contributed by atoms with Gasteiger partial charge in [0.05, 0.1) is 0 Å². The summed E-state index contributed by atoms with van der Waals surface area (Å²) >= 11 is 2.22. The molecule has 1 aromatic carbocycles. The van der Waals surface area contributed by atoms with Crippen LogP contribution in [-0.4, -0.2) is 0 Å². The van der Waals surface area contributed by atoms with Gasteiger partial charge in [-0.1, -0.05) is 18.1 Å². The minimum Gasteiger partial charge on any atom is -0.115 e. The molecule has 0 saturated carbocycles. The van der Waals surface area contributed by atoms with E-state index in [9.17, 15) is 0 Å². The lowest BCUT2D eigenvalue weighted by Gasteiger charge is -1.90. The number of terminal acetylenes is 1. The van der Waals surface area contributed by atoms with Crippen LogP contribution in [0, 0.1) is 15.9 Å². The second-order valence-corrected chi connectivity index (χ2v) is 2.79. The number of benzene rings is 1. The predicted molar refractivity (Wildman–Crippen MR) is 47.1 cm³/mol. The molecule has 0 amide bonds. The highest BCUT2D eigenvalue weighted by Crippen LogP contribution is 2.08. The van der Waals surface area contributed by atoms with Crippen LogP contribution in [0.15, 0.2) is 24.3 Å². The van der Waals surface area contributed by atoms with Crippen LogP contribution in [0.3, 0.4) is 0 Å². The second-order valence-electron chi connectivity index (χ2n) is 1.62. The summed E-state index contributed by atoms with van der Waals surface area (Å²) in [7, 11) is 0. The van der Waals surface area contributed by atoms with Crippen LogP contribution in [0.1, 0.15) is 5.56 Å². The molecule has 1 rings (SSSR count). The van der Waals surface area contributed by atoms with E-state index in [4.69, 9.17) is 6.42 Å². The summed E-state index contributed by atoms with van der Waals surface area (Å²) in [6, 6.07) is 7.84. The van der Waals surface area contributed by atoms with Crippen molar-refractivity contribution >= 4 is 22.6 Å². The summed E-state index contributed by atoms with van der Waals surface area (Å²) in [4.78, 5) is 0. The van der Waals surface area contributed by atoms with E-state index >= 15 is 0 Å². The lowest BCUT2D eigenvalue weighted by Crippen LogP contribution is -1.76.